The molecule has 0 spiro atoms. The summed E-state index contributed by atoms with van der Waals surface area (Å²) in [5.74, 6) is 0.381. The van der Waals surface area contributed by atoms with E-state index in [-0.39, 0.29) is 5.82 Å². The highest BCUT2D eigenvalue weighted by molar-refractivity contribution is 6.31. The van der Waals surface area contributed by atoms with Gasteiger partial charge in [0.2, 0.25) is 0 Å². The summed E-state index contributed by atoms with van der Waals surface area (Å²) in [6.45, 7) is 3.09. The van der Waals surface area contributed by atoms with Crippen LogP contribution in [0.3, 0.4) is 0 Å². The molecule has 1 aromatic rings. The van der Waals surface area contributed by atoms with Crippen molar-refractivity contribution in [2.24, 2.45) is 5.92 Å². The Morgan fingerprint density at radius 1 is 1.19 bits per heavy atom. The molecule has 0 aromatic heterocycles. The Morgan fingerprint density at radius 2 is 1.86 bits per heavy atom. The van der Waals surface area contributed by atoms with Gasteiger partial charge in [-0.1, -0.05) is 62.8 Å². The molecule has 0 amide bonds. The summed E-state index contributed by atoms with van der Waals surface area (Å²) in [6, 6.07) is 5.56. The molecule has 1 saturated carbocycles. The van der Waals surface area contributed by atoms with Crippen LogP contribution in [0.4, 0.5) is 4.39 Å². The lowest BCUT2D eigenvalue weighted by Crippen LogP contribution is -2.38. The summed E-state index contributed by atoms with van der Waals surface area (Å²) in [7, 11) is 0. The Bertz CT molecular complexity index is 427. The molecule has 0 radical (unpaired) electrons. The Morgan fingerprint density at radius 3 is 2.52 bits per heavy atom. The summed E-state index contributed by atoms with van der Waals surface area (Å²) < 4.78 is 13.6. The van der Waals surface area contributed by atoms with Gasteiger partial charge in [-0.2, -0.15) is 0 Å². The number of likely N-dealkylation sites (N-methyl/N-ethyl adjacent to an activating group) is 1. The SMILES string of the molecule is CCNC(Cc1cccc(F)c1Cl)C1CCCCCCC1. The lowest BCUT2D eigenvalue weighted by molar-refractivity contribution is 0.286. The van der Waals surface area contributed by atoms with E-state index in [0.717, 1.165) is 18.5 Å². The Hall–Kier alpha value is -0.600. The van der Waals surface area contributed by atoms with E-state index in [4.69, 9.17) is 11.6 Å². The first-order valence-corrected chi connectivity index (χ1v) is 8.76. The van der Waals surface area contributed by atoms with E-state index in [2.05, 4.69) is 12.2 Å². The van der Waals surface area contributed by atoms with E-state index >= 15 is 0 Å². The Balaban J connectivity index is 2.08. The second-order valence-electron chi connectivity index (χ2n) is 6.19. The van der Waals surface area contributed by atoms with Crippen LogP contribution in [-0.2, 0) is 6.42 Å². The quantitative estimate of drug-likeness (QED) is 0.772. The fraction of sp³-hybridized carbons (Fsp3) is 0.667. The first-order chi connectivity index (χ1) is 10.2. The van der Waals surface area contributed by atoms with Gasteiger partial charge in [-0.25, -0.2) is 4.39 Å². The zero-order chi connectivity index (χ0) is 15.1. The van der Waals surface area contributed by atoms with E-state index in [1.54, 1.807) is 6.07 Å². The monoisotopic (exact) mass is 311 g/mol. The predicted molar refractivity (Wildman–Crippen MR) is 88.4 cm³/mol. The van der Waals surface area contributed by atoms with Crippen LogP contribution in [0, 0.1) is 11.7 Å². The van der Waals surface area contributed by atoms with Gasteiger partial charge in [0.1, 0.15) is 5.82 Å². The molecule has 3 heteroatoms. The van der Waals surface area contributed by atoms with Crippen molar-refractivity contribution in [3.63, 3.8) is 0 Å². The van der Waals surface area contributed by atoms with Crippen molar-refractivity contribution in [2.75, 3.05) is 6.54 Å². The molecule has 0 saturated heterocycles. The maximum atomic E-state index is 13.6. The van der Waals surface area contributed by atoms with E-state index in [0.29, 0.717) is 17.0 Å². The molecule has 1 nitrogen and oxygen atoms in total. The van der Waals surface area contributed by atoms with Crippen LogP contribution in [0.1, 0.15) is 57.4 Å². The van der Waals surface area contributed by atoms with Crippen LogP contribution >= 0.6 is 11.6 Å². The van der Waals surface area contributed by atoms with Gasteiger partial charge in [-0.3, -0.25) is 0 Å². The third-order valence-corrected chi connectivity index (χ3v) is 5.08. The zero-order valence-corrected chi connectivity index (χ0v) is 13.8. The molecule has 2 rings (SSSR count). The van der Waals surface area contributed by atoms with E-state index < -0.39 is 0 Å². The van der Waals surface area contributed by atoms with Gasteiger partial charge in [0.05, 0.1) is 5.02 Å². The number of rotatable bonds is 5. The first-order valence-electron chi connectivity index (χ1n) is 8.38. The summed E-state index contributed by atoms with van der Waals surface area (Å²) in [4.78, 5) is 0. The largest absolute Gasteiger partial charge is 0.314 e. The van der Waals surface area contributed by atoms with Crippen molar-refractivity contribution >= 4 is 11.6 Å². The van der Waals surface area contributed by atoms with E-state index in [9.17, 15) is 4.39 Å². The number of hydrogen-bond acceptors (Lipinski definition) is 1. The molecular formula is C18H27ClFN. The van der Waals surface area contributed by atoms with Gasteiger partial charge in [-0.05, 0) is 43.4 Å². The minimum Gasteiger partial charge on any atom is -0.314 e. The van der Waals surface area contributed by atoms with Crippen LogP contribution < -0.4 is 5.32 Å². The molecule has 0 aliphatic heterocycles. The lowest BCUT2D eigenvalue weighted by atomic mass is 9.83. The molecule has 1 aliphatic rings. The highest BCUT2D eigenvalue weighted by Gasteiger charge is 2.23. The van der Waals surface area contributed by atoms with Crippen LogP contribution in [-0.4, -0.2) is 12.6 Å². The topological polar surface area (TPSA) is 12.0 Å². The Kier molecular flexibility index (Phi) is 6.98. The molecule has 1 aliphatic carbocycles. The smallest absolute Gasteiger partial charge is 0.142 e. The molecule has 0 bridgehead atoms. The van der Waals surface area contributed by atoms with Gasteiger partial charge in [0.15, 0.2) is 0 Å². The van der Waals surface area contributed by atoms with Crippen molar-refractivity contribution in [1.29, 1.82) is 0 Å². The highest BCUT2D eigenvalue weighted by atomic mass is 35.5. The van der Waals surface area contributed by atoms with Crippen LogP contribution in [0.2, 0.25) is 5.02 Å². The summed E-state index contributed by atoms with van der Waals surface area (Å²) in [5.41, 5.74) is 0.935. The molecule has 1 N–H and O–H groups in total. The van der Waals surface area contributed by atoms with Crippen LogP contribution in [0.25, 0.3) is 0 Å². The number of hydrogen-bond donors (Lipinski definition) is 1. The highest BCUT2D eigenvalue weighted by Crippen LogP contribution is 2.28. The predicted octanol–water partition coefficient (Wildman–Crippen LogP) is 5.36. The zero-order valence-electron chi connectivity index (χ0n) is 13.0. The molecule has 1 fully saturated rings. The van der Waals surface area contributed by atoms with Crippen LogP contribution in [0.5, 0.6) is 0 Å². The Labute approximate surface area is 133 Å². The number of nitrogens with one attached hydrogen (secondary N) is 1. The number of benzene rings is 1. The molecule has 1 atom stereocenters. The molecule has 0 heterocycles. The lowest BCUT2D eigenvalue weighted by Gasteiger charge is -2.30. The van der Waals surface area contributed by atoms with Gasteiger partial charge >= 0.3 is 0 Å². The second kappa shape index (κ2) is 8.75. The van der Waals surface area contributed by atoms with Gasteiger partial charge < -0.3 is 5.32 Å². The van der Waals surface area contributed by atoms with E-state index in [1.165, 1.54) is 51.0 Å². The minimum absolute atomic E-state index is 0.297. The van der Waals surface area contributed by atoms with Gasteiger partial charge in [0, 0.05) is 6.04 Å². The van der Waals surface area contributed by atoms with Gasteiger partial charge in [0.25, 0.3) is 0 Å². The van der Waals surface area contributed by atoms with Crippen molar-refractivity contribution in [3.05, 3.63) is 34.6 Å². The molecule has 1 unspecified atom stereocenters. The average Bonchev–Trinajstić information content (AvgIpc) is 2.43. The van der Waals surface area contributed by atoms with Gasteiger partial charge in [-0.15, -0.1) is 0 Å². The molecule has 21 heavy (non-hydrogen) atoms. The first kappa shape index (κ1) is 16.8. The minimum atomic E-state index is -0.304. The summed E-state index contributed by atoms with van der Waals surface area (Å²) in [5, 5.41) is 3.91. The van der Waals surface area contributed by atoms with E-state index in [1.807, 2.05) is 6.07 Å². The fourth-order valence-corrected chi connectivity index (χ4v) is 3.70. The average molecular weight is 312 g/mol. The maximum Gasteiger partial charge on any atom is 0.142 e. The molecular weight excluding hydrogens is 285 g/mol. The standard InChI is InChI=1S/C18H27ClFN/c1-2-21-17(14-9-6-4-3-5-7-10-14)13-15-11-8-12-16(20)18(15)19/h8,11-12,14,17,21H,2-7,9-10,13H2,1H3. The summed E-state index contributed by atoms with van der Waals surface area (Å²) >= 11 is 6.13. The maximum absolute atomic E-state index is 13.6. The van der Waals surface area contributed by atoms with Crippen molar-refractivity contribution in [1.82, 2.24) is 5.32 Å². The third kappa shape index (κ3) is 4.96. The molecule has 1 aromatic carbocycles. The van der Waals surface area contributed by atoms with Crippen molar-refractivity contribution in [2.45, 2.75) is 64.3 Å². The normalized spacial score (nSPS) is 19.0. The van der Waals surface area contributed by atoms with Crippen LogP contribution in [0.15, 0.2) is 18.2 Å². The third-order valence-electron chi connectivity index (χ3n) is 4.66. The van der Waals surface area contributed by atoms with Crippen molar-refractivity contribution < 1.29 is 4.39 Å². The molecule has 118 valence electrons. The van der Waals surface area contributed by atoms with Crippen molar-refractivity contribution in [3.8, 4) is 0 Å². The fourth-order valence-electron chi connectivity index (χ4n) is 3.50. The number of halogens is 2. The summed E-state index contributed by atoms with van der Waals surface area (Å²) in [6.07, 6.45) is 10.1. The second-order valence-corrected chi connectivity index (χ2v) is 6.56.